The van der Waals surface area contributed by atoms with Gasteiger partial charge in [-0.05, 0) is 44.1 Å². The first-order chi connectivity index (χ1) is 12.2. The molecule has 1 aliphatic heterocycles. The largest absolute Gasteiger partial charge is 0.468 e. The van der Waals surface area contributed by atoms with Gasteiger partial charge in [0.15, 0.2) is 0 Å². The lowest BCUT2D eigenvalue weighted by Gasteiger charge is -2.33. The Hall–Kier alpha value is -2.67. The lowest BCUT2D eigenvalue weighted by Crippen LogP contribution is -2.40. The minimum atomic E-state index is -0.538. The van der Waals surface area contributed by atoms with Gasteiger partial charge in [0, 0.05) is 12.6 Å². The lowest BCUT2D eigenvalue weighted by atomic mass is 10.1. The predicted molar refractivity (Wildman–Crippen MR) is 92.3 cm³/mol. The summed E-state index contributed by atoms with van der Waals surface area (Å²) in [6, 6.07) is 9.64. The van der Waals surface area contributed by atoms with Crippen LogP contribution in [-0.2, 0) is 0 Å². The summed E-state index contributed by atoms with van der Waals surface area (Å²) in [7, 11) is 0. The van der Waals surface area contributed by atoms with E-state index in [2.05, 4.69) is 10.2 Å². The van der Waals surface area contributed by atoms with Crippen LogP contribution in [0.15, 0.2) is 47.1 Å². The molecule has 0 saturated carbocycles. The minimum absolute atomic E-state index is 0.0676. The van der Waals surface area contributed by atoms with Gasteiger partial charge in [-0.15, -0.1) is 0 Å². The number of furan rings is 1. The first-order valence-electron chi connectivity index (χ1n) is 8.46. The topological polar surface area (TPSA) is 88.6 Å². The van der Waals surface area contributed by atoms with E-state index in [1.54, 1.807) is 18.4 Å². The van der Waals surface area contributed by atoms with Crippen LogP contribution >= 0.6 is 0 Å². The highest BCUT2D eigenvalue weighted by Crippen LogP contribution is 2.25. The van der Waals surface area contributed by atoms with Gasteiger partial charge in [0.05, 0.1) is 17.2 Å². The zero-order valence-electron chi connectivity index (χ0n) is 13.9. The number of hydrogen-bond donors (Lipinski definition) is 1. The second kappa shape index (κ2) is 7.94. The summed E-state index contributed by atoms with van der Waals surface area (Å²) >= 11 is 0. The second-order valence-electron chi connectivity index (χ2n) is 6.11. The zero-order chi connectivity index (χ0) is 17.6. The lowest BCUT2D eigenvalue weighted by molar-refractivity contribution is -0.385. The number of amides is 1. The molecule has 1 atom stereocenters. The summed E-state index contributed by atoms with van der Waals surface area (Å²) in [6.07, 6.45) is 5.07. The first-order valence-corrected chi connectivity index (χ1v) is 8.46. The second-order valence-corrected chi connectivity index (χ2v) is 6.11. The van der Waals surface area contributed by atoms with Gasteiger partial charge in [-0.3, -0.25) is 19.8 Å². The van der Waals surface area contributed by atoms with Gasteiger partial charge in [0.25, 0.3) is 11.6 Å². The van der Waals surface area contributed by atoms with Crippen LogP contribution in [0.25, 0.3) is 0 Å². The van der Waals surface area contributed by atoms with Crippen LogP contribution in [0.3, 0.4) is 0 Å². The number of carbonyl (C=O) groups excluding carboxylic acids is 1. The SMILES string of the molecule is O=C(NC[C@H](c1ccco1)N1CCCCC1)c1ccccc1[N+](=O)[O-]. The number of likely N-dealkylation sites (tertiary alicyclic amines) is 1. The van der Waals surface area contributed by atoms with E-state index in [1.807, 2.05) is 12.1 Å². The molecule has 7 nitrogen and oxygen atoms in total. The fraction of sp³-hybridized carbons (Fsp3) is 0.389. The quantitative estimate of drug-likeness (QED) is 0.643. The smallest absolute Gasteiger partial charge is 0.282 e. The fourth-order valence-electron chi connectivity index (χ4n) is 3.23. The van der Waals surface area contributed by atoms with Crippen molar-refractivity contribution in [1.29, 1.82) is 0 Å². The van der Waals surface area contributed by atoms with Crippen LogP contribution < -0.4 is 5.32 Å². The number of para-hydroxylation sites is 1. The molecule has 1 aromatic carbocycles. The Morgan fingerprint density at radius 3 is 2.64 bits per heavy atom. The van der Waals surface area contributed by atoms with Gasteiger partial charge in [0.2, 0.25) is 0 Å². The maximum absolute atomic E-state index is 12.5. The van der Waals surface area contributed by atoms with Gasteiger partial charge >= 0.3 is 0 Å². The molecular formula is C18H21N3O4. The molecule has 0 radical (unpaired) electrons. The highest BCUT2D eigenvalue weighted by molar-refractivity contribution is 5.98. The molecule has 1 saturated heterocycles. The predicted octanol–water partition coefficient (Wildman–Crippen LogP) is 3.14. The van der Waals surface area contributed by atoms with E-state index >= 15 is 0 Å². The normalized spacial score (nSPS) is 16.3. The number of nitrogens with one attached hydrogen (secondary N) is 1. The molecule has 1 amide bonds. The molecule has 132 valence electrons. The number of nitrogens with zero attached hydrogens (tertiary/aromatic N) is 2. The van der Waals surface area contributed by atoms with Crippen molar-refractivity contribution in [2.75, 3.05) is 19.6 Å². The van der Waals surface area contributed by atoms with Crippen molar-refractivity contribution in [2.45, 2.75) is 25.3 Å². The van der Waals surface area contributed by atoms with Crippen molar-refractivity contribution in [1.82, 2.24) is 10.2 Å². The number of benzene rings is 1. The van der Waals surface area contributed by atoms with Gasteiger partial charge in [-0.25, -0.2) is 0 Å². The molecule has 0 aliphatic carbocycles. The van der Waals surface area contributed by atoms with Gasteiger partial charge in [-0.2, -0.15) is 0 Å². The van der Waals surface area contributed by atoms with Crippen molar-refractivity contribution >= 4 is 11.6 Å². The average molecular weight is 343 g/mol. The van der Waals surface area contributed by atoms with Crippen LogP contribution in [0.1, 0.15) is 41.4 Å². The van der Waals surface area contributed by atoms with E-state index in [9.17, 15) is 14.9 Å². The Labute approximate surface area is 145 Å². The van der Waals surface area contributed by atoms with E-state index in [-0.39, 0.29) is 17.3 Å². The molecule has 25 heavy (non-hydrogen) atoms. The Kier molecular flexibility index (Phi) is 5.45. The molecule has 1 aromatic heterocycles. The van der Waals surface area contributed by atoms with Crippen molar-refractivity contribution in [2.24, 2.45) is 0 Å². The molecular weight excluding hydrogens is 322 g/mol. The molecule has 0 bridgehead atoms. The number of rotatable bonds is 6. The fourth-order valence-corrected chi connectivity index (χ4v) is 3.23. The van der Waals surface area contributed by atoms with Gasteiger partial charge < -0.3 is 9.73 Å². The van der Waals surface area contributed by atoms with Gasteiger partial charge in [-0.1, -0.05) is 18.6 Å². The highest BCUT2D eigenvalue weighted by Gasteiger charge is 2.26. The maximum atomic E-state index is 12.5. The van der Waals surface area contributed by atoms with Crippen molar-refractivity contribution in [3.8, 4) is 0 Å². The molecule has 2 aromatic rings. The summed E-state index contributed by atoms with van der Waals surface area (Å²) in [4.78, 5) is 25.3. The van der Waals surface area contributed by atoms with Crippen LogP contribution in [0.4, 0.5) is 5.69 Å². The first kappa shape index (κ1) is 17.2. The number of carbonyl (C=O) groups is 1. The monoisotopic (exact) mass is 343 g/mol. The Bertz CT molecular complexity index is 724. The summed E-state index contributed by atoms with van der Waals surface area (Å²) < 4.78 is 5.55. The molecule has 1 fully saturated rings. The van der Waals surface area contributed by atoms with E-state index < -0.39 is 10.8 Å². The molecule has 0 unspecified atom stereocenters. The molecule has 1 aliphatic rings. The number of piperidine rings is 1. The molecule has 0 spiro atoms. The summed E-state index contributed by atoms with van der Waals surface area (Å²) in [5.41, 5.74) is -0.114. The van der Waals surface area contributed by atoms with E-state index in [1.165, 1.54) is 18.6 Å². The Morgan fingerprint density at radius 2 is 1.96 bits per heavy atom. The third kappa shape index (κ3) is 4.06. The molecule has 2 heterocycles. The van der Waals surface area contributed by atoms with Crippen molar-refractivity contribution in [3.05, 3.63) is 64.1 Å². The molecule has 7 heteroatoms. The maximum Gasteiger partial charge on any atom is 0.282 e. The van der Waals surface area contributed by atoms with Gasteiger partial charge in [0.1, 0.15) is 11.3 Å². The Balaban J connectivity index is 1.73. The number of hydrogen-bond acceptors (Lipinski definition) is 5. The van der Waals surface area contributed by atoms with E-state index in [0.29, 0.717) is 6.54 Å². The van der Waals surface area contributed by atoms with Crippen LogP contribution in [0.5, 0.6) is 0 Å². The standard InChI is InChI=1S/C18H21N3O4/c22-18(14-7-2-3-8-15(14)21(23)24)19-13-16(17-9-6-12-25-17)20-10-4-1-5-11-20/h2-3,6-9,12,16H,1,4-5,10-11,13H2,(H,19,22)/t16-/m1/s1. The molecule has 3 rings (SSSR count). The number of nitro benzene ring substituents is 1. The summed E-state index contributed by atoms with van der Waals surface area (Å²) in [6.45, 7) is 2.25. The Morgan fingerprint density at radius 1 is 1.20 bits per heavy atom. The summed E-state index contributed by atoms with van der Waals surface area (Å²) in [5, 5.41) is 13.9. The molecule has 1 N–H and O–H groups in total. The van der Waals surface area contributed by atoms with Crippen molar-refractivity contribution < 1.29 is 14.1 Å². The third-order valence-corrected chi connectivity index (χ3v) is 4.50. The summed E-state index contributed by atoms with van der Waals surface area (Å²) in [5.74, 6) is 0.352. The van der Waals surface area contributed by atoms with Crippen molar-refractivity contribution in [3.63, 3.8) is 0 Å². The zero-order valence-corrected chi connectivity index (χ0v) is 13.9. The minimum Gasteiger partial charge on any atom is -0.468 e. The third-order valence-electron chi connectivity index (χ3n) is 4.50. The van der Waals surface area contributed by atoms with E-state index in [4.69, 9.17) is 4.42 Å². The van der Waals surface area contributed by atoms with Crippen LogP contribution in [0.2, 0.25) is 0 Å². The average Bonchev–Trinajstić information content (AvgIpc) is 3.17. The number of nitro groups is 1. The van der Waals surface area contributed by atoms with Crippen LogP contribution in [0, 0.1) is 10.1 Å². The highest BCUT2D eigenvalue weighted by atomic mass is 16.6. The van der Waals surface area contributed by atoms with Crippen LogP contribution in [-0.4, -0.2) is 35.4 Å². The van der Waals surface area contributed by atoms with E-state index in [0.717, 1.165) is 31.7 Å².